The van der Waals surface area contributed by atoms with Crippen LogP contribution in [0.4, 0.5) is 0 Å². The van der Waals surface area contributed by atoms with Crippen molar-refractivity contribution in [3.05, 3.63) is 0 Å². The summed E-state index contributed by atoms with van der Waals surface area (Å²) in [5.74, 6) is -1.40. The average molecular weight is 244 g/mol. The van der Waals surface area contributed by atoms with Gasteiger partial charge in [0.1, 0.15) is 0 Å². The van der Waals surface area contributed by atoms with Gasteiger partial charge >= 0.3 is 5.97 Å². The van der Waals surface area contributed by atoms with Crippen LogP contribution < -0.4 is 5.73 Å². The summed E-state index contributed by atoms with van der Waals surface area (Å²) in [5, 5.41) is 11.5. The molecule has 0 radical (unpaired) electrons. The molecule has 0 aromatic carbocycles. The highest BCUT2D eigenvalue weighted by Crippen LogP contribution is 2.12. The molecule has 0 bridgehead atoms. The van der Waals surface area contributed by atoms with Crippen molar-refractivity contribution in [3.63, 3.8) is 0 Å². The van der Waals surface area contributed by atoms with Gasteiger partial charge in [0.25, 0.3) is 5.91 Å². The van der Waals surface area contributed by atoms with Crippen molar-refractivity contribution in [3.8, 4) is 0 Å². The third-order valence-corrected chi connectivity index (χ3v) is 2.07. The molecule has 1 amide bonds. The van der Waals surface area contributed by atoms with Crippen LogP contribution in [-0.4, -0.2) is 28.9 Å². The lowest BCUT2D eigenvalue weighted by molar-refractivity contribution is -0.148. The first-order valence-corrected chi connectivity index (χ1v) is 5.50. The summed E-state index contributed by atoms with van der Waals surface area (Å²) in [4.78, 5) is 22.5. The van der Waals surface area contributed by atoms with Gasteiger partial charge in [0.2, 0.25) is 0 Å². The third kappa shape index (κ3) is 5.33. The predicted octanol–water partition coefficient (Wildman–Crippen LogP) is 0.916. The van der Waals surface area contributed by atoms with E-state index < -0.39 is 18.0 Å². The van der Waals surface area contributed by atoms with Gasteiger partial charge in [0, 0.05) is 6.42 Å². The maximum absolute atomic E-state index is 11.5. The van der Waals surface area contributed by atoms with Crippen molar-refractivity contribution in [2.45, 2.75) is 40.2 Å². The first kappa shape index (κ1) is 15.4. The molecule has 0 aromatic heterocycles. The Hall–Kier alpha value is -1.59. The number of esters is 1. The summed E-state index contributed by atoms with van der Waals surface area (Å²) in [6.45, 7) is 7.23. The van der Waals surface area contributed by atoms with E-state index in [1.165, 1.54) is 0 Å². The monoisotopic (exact) mass is 244 g/mol. The van der Waals surface area contributed by atoms with E-state index in [0.717, 1.165) is 0 Å². The molecule has 3 N–H and O–H groups in total. The second-order valence-corrected chi connectivity index (χ2v) is 4.60. The molecule has 0 aliphatic rings. The van der Waals surface area contributed by atoms with Gasteiger partial charge in [-0.3, -0.25) is 9.59 Å². The van der Waals surface area contributed by atoms with Crippen LogP contribution in [0, 0.1) is 11.8 Å². The van der Waals surface area contributed by atoms with Gasteiger partial charge in [-0.1, -0.05) is 32.9 Å². The molecule has 1 atom stereocenters. The average Bonchev–Trinajstić information content (AvgIpc) is 2.15. The molecule has 0 aliphatic carbocycles. The van der Waals surface area contributed by atoms with Gasteiger partial charge < -0.3 is 15.7 Å². The Morgan fingerprint density at radius 3 is 2.12 bits per heavy atom. The highest BCUT2D eigenvalue weighted by Gasteiger charge is 2.28. The van der Waals surface area contributed by atoms with Gasteiger partial charge in [-0.25, -0.2) is 0 Å². The number of primary amides is 1. The highest BCUT2D eigenvalue weighted by molar-refractivity contribution is 6.40. The zero-order valence-corrected chi connectivity index (χ0v) is 10.6. The van der Waals surface area contributed by atoms with Crippen molar-refractivity contribution in [2.24, 2.45) is 22.7 Å². The molecular weight excluding hydrogens is 224 g/mol. The second-order valence-electron chi connectivity index (χ2n) is 4.60. The summed E-state index contributed by atoms with van der Waals surface area (Å²) in [6, 6.07) is 0. The number of ether oxygens (including phenoxy) is 1. The predicted molar refractivity (Wildman–Crippen MR) is 62.6 cm³/mol. The van der Waals surface area contributed by atoms with E-state index in [-0.39, 0.29) is 24.0 Å². The van der Waals surface area contributed by atoms with E-state index in [1.807, 2.05) is 13.8 Å². The van der Waals surface area contributed by atoms with E-state index >= 15 is 0 Å². The summed E-state index contributed by atoms with van der Waals surface area (Å²) < 4.78 is 5.11. The maximum atomic E-state index is 11.5. The molecule has 6 heteroatoms. The third-order valence-electron chi connectivity index (χ3n) is 2.07. The molecule has 0 saturated carbocycles. The number of nitrogens with zero attached hydrogens (tertiary/aromatic N) is 1. The van der Waals surface area contributed by atoms with Gasteiger partial charge in [-0.05, 0) is 11.8 Å². The molecule has 0 saturated heterocycles. The Bertz CT molecular complexity index is 311. The van der Waals surface area contributed by atoms with Crippen LogP contribution in [0.25, 0.3) is 0 Å². The maximum Gasteiger partial charge on any atom is 0.306 e. The fourth-order valence-electron chi connectivity index (χ4n) is 1.28. The zero-order valence-electron chi connectivity index (χ0n) is 10.6. The topological polar surface area (TPSA) is 102 Å². The molecule has 0 fully saturated rings. The minimum atomic E-state index is -0.913. The van der Waals surface area contributed by atoms with E-state index in [9.17, 15) is 9.59 Å². The summed E-state index contributed by atoms with van der Waals surface area (Å²) in [7, 11) is 0. The van der Waals surface area contributed by atoms with Crippen LogP contribution in [0.3, 0.4) is 0 Å². The first-order chi connectivity index (χ1) is 7.79. The second kappa shape index (κ2) is 6.88. The molecule has 98 valence electrons. The zero-order chi connectivity index (χ0) is 13.6. The van der Waals surface area contributed by atoms with Gasteiger partial charge in [0.15, 0.2) is 11.8 Å². The van der Waals surface area contributed by atoms with Gasteiger partial charge in [0.05, 0.1) is 0 Å². The van der Waals surface area contributed by atoms with Crippen molar-refractivity contribution in [1.29, 1.82) is 0 Å². The lowest BCUT2D eigenvalue weighted by atomic mass is 10.0. The smallest absolute Gasteiger partial charge is 0.306 e. The minimum Gasteiger partial charge on any atom is -0.455 e. The quantitative estimate of drug-likeness (QED) is 0.314. The summed E-state index contributed by atoms with van der Waals surface area (Å²) in [6.07, 6.45) is -0.676. The van der Waals surface area contributed by atoms with Crippen molar-refractivity contribution in [2.75, 3.05) is 0 Å². The SMILES string of the molecule is CC(C)CC(=O)O[C@H](C(=NO)C(N)=O)C(C)C. The number of carbonyl (C=O) groups is 2. The lowest BCUT2D eigenvalue weighted by Crippen LogP contribution is -2.40. The van der Waals surface area contributed by atoms with E-state index in [0.29, 0.717) is 0 Å². The Morgan fingerprint density at radius 1 is 1.29 bits per heavy atom. The van der Waals surface area contributed by atoms with Crippen LogP contribution in [0.1, 0.15) is 34.1 Å². The van der Waals surface area contributed by atoms with Crippen LogP contribution >= 0.6 is 0 Å². The standard InChI is InChI=1S/C11H20N2O4/c1-6(2)5-8(14)17-10(7(3)4)9(13-16)11(12)15/h6-7,10,16H,5H2,1-4H3,(H2,12,15)/t10-/m0/s1. The Morgan fingerprint density at radius 2 is 1.82 bits per heavy atom. The molecule has 6 nitrogen and oxygen atoms in total. The molecule has 0 aromatic rings. The largest absolute Gasteiger partial charge is 0.455 e. The number of amides is 1. The van der Waals surface area contributed by atoms with Crippen molar-refractivity contribution < 1.29 is 19.5 Å². The molecule has 0 aliphatic heterocycles. The van der Waals surface area contributed by atoms with Crippen LogP contribution in [0.5, 0.6) is 0 Å². The number of nitrogens with two attached hydrogens (primary N) is 1. The molecule has 0 spiro atoms. The van der Waals surface area contributed by atoms with Crippen LogP contribution in [-0.2, 0) is 14.3 Å². The Kier molecular flexibility index (Phi) is 6.23. The Labute approximate surface area is 101 Å². The highest BCUT2D eigenvalue weighted by atomic mass is 16.5. The fourth-order valence-corrected chi connectivity index (χ4v) is 1.28. The Balaban J connectivity index is 4.77. The van der Waals surface area contributed by atoms with E-state index in [4.69, 9.17) is 15.7 Å². The van der Waals surface area contributed by atoms with Crippen molar-refractivity contribution in [1.82, 2.24) is 0 Å². The van der Waals surface area contributed by atoms with Crippen molar-refractivity contribution >= 4 is 17.6 Å². The molecule has 0 rings (SSSR count). The summed E-state index contributed by atoms with van der Waals surface area (Å²) >= 11 is 0. The van der Waals surface area contributed by atoms with Crippen LogP contribution in [0.15, 0.2) is 5.16 Å². The number of rotatable bonds is 6. The van der Waals surface area contributed by atoms with E-state index in [2.05, 4.69) is 5.16 Å². The summed E-state index contributed by atoms with van der Waals surface area (Å²) in [5.41, 5.74) is 4.71. The molecule has 17 heavy (non-hydrogen) atoms. The number of hydrogen-bond donors (Lipinski definition) is 2. The molecule has 0 heterocycles. The number of carbonyl (C=O) groups excluding carboxylic acids is 2. The number of hydrogen-bond acceptors (Lipinski definition) is 5. The van der Waals surface area contributed by atoms with E-state index in [1.54, 1.807) is 13.8 Å². The fraction of sp³-hybridized carbons (Fsp3) is 0.727. The minimum absolute atomic E-state index is 0.151. The normalized spacial score (nSPS) is 13.9. The first-order valence-electron chi connectivity index (χ1n) is 5.50. The van der Waals surface area contributed by atoms with Gasteiger partial charge in [-0.2, -0.15) is 0 Å². The van der Waals surface area contributed by atoms with Crippen LogP contribution in [0.2, 0.25) is 0 Å². The lowest BCUT2D eigenvalue weighted by Gasteiger charge is -2.21. The molecular formula is C11H20N2O4. The number of oxime groups is 1. The van der Waals surface area contributed by atoms with Gasteiger partial charge in [-0.15, -0.1) is 0 Å². The molecule has 0 unspecified atom stereocenters.